The van der Waals surface area contributed by atoms with Crippen molar-refractivity contribution in [3.05, 3.63) is 22.7 Å². The lowest BCUT2D eigenvalue weighted by Crippen LogP contribution is -2.36. The smallest absolute Gasteiger partial charge is 0.351 e. The normalized spacial score (nSPS) is 25.3. The molecule has 2 rings (SSSR count). The van der Waals surface area contributed by atoms with Crippen LogP contribution in [0.25, 0.3) is 0 Å². The summed E-state index contributed by atoms with van der Waals surface area (Å²) in [6.07, 6.45) is -5.89. The number of hydrogen-bond donors (Lipinski definition) is 8. The summed E-state index contributed by atoms with van der Waals surface area (Å²) in [6, 6.07) is 1.09. The number of rotatable bonds is 9. The van der Waals surface area contributed by atoms with E-state index < -0.39 is 60.3 Å². The van der Waals surface area contributed by atoms with Crippen LogP contribution in [0, 0.1) is 0 Å². The van der Waals surface area contributed by atoms with Crippen molar-refractivity contribution in [3.63, 3.8) is 0 Å². The molecule has 0 radical (unpaired) electrons. The molecule has 34 heavy (non-hydrogen) atoms. The summed E-state index contributed by atoms with van der Waals surface area (Å²) in [7, 11) is -18.2. The van der Waals surface area contributed by atoms with E-state index in [1.807, 2.05) is 0 Å². The Kier molecular flexibility index (Phi) is 15.1. The van der Waals surface area contributed by atoms with Crippen LogP contribution >= 0.6 is 23.5 Å². The molecule has 1 fully saturated rings. The molecule has 25 heteroatoms. The maximum atomic E-state index is 11.9. The van der Waals surface area contributed by atoms with Crippen molar-refractivity contribution >= 4 is 29.3 Å². The number of nitrogens with zero attached hydrogens (tertiary/aromatic N) is 2. The molecule has 1 aliphatic heterocycles. The molecule has 204 valence electrons. The van der Waals surface area contributed by atoms with Gasteiger partial charge in [-0.3, -0.25) is 28.7 Å². The molecule has 20 N–H and O–H groups in total. The number of phosphoric acid groups is 3. The Labute approximate surface area is 190 Å². The van der Waals surface area contributed by atoms with E-state index in [0.29, 0.717) is 4.57 Å². The number of hydrogen-bond acceptors (Lipinski definition) is 17. The molecular formula is C9H28N7O15P3. The molecule has 0 bridgehead atoms. The third-order valence-electron chi connectivity index (χ3n) is 3.35. The van der Waals surface area contributed by atoms with Crippen LogP contribution in [-0.4, -0.2) is 49.9 Å². The van der Waals surface area contributed by atoms with Gasteiger partial charge in [-0.2, -0.15) is 4.98 Å². The number of nitrogens with one attached hydrogen (secondary N) is 1. The second-order valence-corrected chi connectivity index (χ2v) is 9.71. The fourth-order valence-electron chi connectivity index (χ4n) is 2.21. The summed E-state index contributed by atoms with van der Waals surface area (Å²) < 4.78 is 49.1. The first-order chi connectivity index (χ1) is 13.6. The van der Waals surface area contributed by atoms with Crippen molar-refractivity contribution in [3.8, 4) is 0 Å². The molecule has 2 heterocycles. The van der Waals surface area contributed by atoms with Gasteiger partial charge in [0.15, 0.2) is 12.0 Å². The molecular weight excluding hydrogens is 539 g/mol. The predicted molar refractivity (Wildman–Crippen MR) is 105 cm³/mol. The summed E-state index contributed by atoms with van der Waals surface area (Å²) in [4.78, 5) is 58.3. The fourth-order valence-corrected chi connectivity index (χ4v) is 5.08. The monoisotopic (exact) mass is 567 g/mol. The topological polar surface area (TPSA) is 434 Å². The molecule has 0 saturated carbocycles. The van der Waals surface area contributed by atoms with Gasteiger partial charge in [-0.15, -0.1) is 0 Å². The molecule has 0 aliphatic carbocycles. The van der Waals surface area contributed by atoms with Gasteiger partial charge in [0.2, 0.25) is 0 Å². The van der Waals surface area contributed by atoms with Crippen LogP contribution in [0.4, 0.5) is 5.82 Å². The molecule has 1 aromatic heterocycles. The molecule has 0 spiro atoms. The summed E-state index contributed by atoms with van der Waals surface area (Å²) >= 11 is 0. The molecule has 22 nitrogen and oxygen atoms in total. The van der Waals surface area contributed by atoms with Gasteiger partial charge in [0, 0.05) is 6.20 Å². The Balaban J connectivity index is -0.00000240. The molecule has 6 atom stereocenters. The number of ether oxygens (including phenoxy) is 1. The standard InChI is InChI=1S/C9H16N3O15P3.4H3N/c13-6-4(3-24-29(20,21)27-30(22,23)26-28(17,18)19)25-8(7(6)14)12-2-1-5(11-16)10-9(12)15;;;;/h1-2,4,6-8,13-14,16H,3H2,(H,20,21)(H,22,23)(H,10,11,15)(H2,17,18,19);4*1H3/t4-,6-,7-,8-;;;;/m1..../s1. The van der Waals surface area contributed by atoms with Crippen LogP contribution < -0.4 is 55.3 Å². The molecule has 1 aliphatic rings. The number of anilines is 1. The molecule has 0 aromatic carbocycles. The molecule has 0 amide bonds. The highest BCUT2D eigenvalue weighted by molar-refractivity contribution is 7.64. The lowest BCUT2D eigenvalue weighted by Gasteiger charge is -2.37. The SMILES string of the molecule is O=c1nc(NO)ccn1[C@@H]1O[C@H](COP(=O)([O-])OP(=O)([O-])OP(=O)([O-])[O-])[C@@H](O)[C@H]1O.[NH4+].[NH4+].[NH4+].[NH4+]. The summed E-state index contributed by atoms with van der Waals surface area (Å²) in [5, 5.41) is 28.6. The van der Waals surface area contributed by atoms with E-state index in [2.05, 4.69) is 18.1 Å². The lowest BCUT2D eigenvalue weighted by molar-refractivity contribution is -0.339. The average Bonchev–Trinajstić information content (AvgIpc) is 2.85. The largest absolute Gasteiger partial charge is 0.790 e. The third-order valence-corrected chi connectivity index (χ3v) is 7.02. The van der Waals surface area contributed by atoms with E-state index >= 15 is 0 Å². The van der Waals surface area contributed by atoms with Crippen molar-refractivity contribution in [1.29, 1.82) is 0 Å². The average molecular weight is 567 g/mol. The number of quaternary nitrogens is 4. The second kappa shape index (κ2) is 13.8. The van der Waals surface area contributed by atoms with Crippen LogP contribution in [0.15, 0.2) is 17.1 Å². The number of aliphatic hydroxyl groups excluding tert-OH is 2. The van der Waals surface area contributed by atoms with Gasteiger partial charge in [-0.1, -0.05) is 0 Å². The summed E-state index contributed by atoms with van der Waals surface area (Å²) in [6.45, 7) is -1.17. The predicted octanol–water partition coefficient (Wildman–Crippen LogP) is -3.02. The van der Waals surface area contributed by atoms with E-state index in [0.717, 1.165) is 12.3 Å². The Morgan fingerprint density at radius 2 is 1.59 bits per heavy atom. The highest BCUT2D eigenvalue weighted by atomic mass is 31.3. The van der Waals surface area contributed by atoms with E-state index in [1.165, 1.54) is 0 Å². The van der Waals surface area contributed by atoms with Gasteiger partial charge in [0.25, 0.3) is 15.6 Å². The van der Waals surface area contributed by atoms with Crippen molar-refractivity contribution in [2.24, 2.45) is 0 Å². The fraction of sp³-hybridized carbons (Fsp3) is 0.556. The minimum Gasteiger partial charge on any atom is -0.790 e. The van der Waals surface area contributed by atoms with Crippen LogP contribution in [0.2, 0.25) is 0 Å². The maximum Gasteiger partial charge on any atom is 0.351 e. The molecule has 1 aromatic rings. The van der Waals surface area contributed by atoms with Crippen LogP contribution in [0.1, 0.15) is 6.23 Å². The zero-order chi connectivity index (χ0) is 22.9. The Bertz CT molecular complexity index is 973. The van der Waals surface area contributed by atoms with Gasteiger partial charge in [-0.25, -0.2) is 9.11 Å². The van der Waals surface area contributed by atoms with Gasteiger partial charge in [0.1, 0.15) is 18.3 Å². The zero-order valence-corrected chi connectivity index (χ0v) is 20.8. The van der Waals surface area contributed by atoms with Gasteiger partial charge in [0.05, 0.1) is 14.4 Å². The Hall–Kier alpha value is -1.23. The second-order valence-electron chi connectivity index (χ2n) is 5.46. The van der Waals surface area contributed by atoms with Crippen molar-refractivity contribution < 1.29 is 66.6 Å². The van der Waals surface area contributed by atoms with E-state index in [-0.39, 0.29) is 30.4 Å². The van der Waals surface area contributed by atoms with Gasteiger partial charge >= 0.3 is 5.69 Å². The van der Waals surface area contributed by atoms with Crippen LogP contribution in [0.5, 0.6) is 0 Å². The van der Waals surface area contributed by atoms with Crippen molar-refractivity contribution in [2.45, 2.75) is 24.5 Å². The first-order valence-electron chi connectivity index (χ1n) is 7.36. The number of aromatic nitrogens is 2. The van der Waals surface area contributed by atoms with E-state index in [9.17, 15) is 48.3 Å². The van der Waals surface area contributed by atoms with Crippen molar-refractivity contribution in [1.82, 2.24) is 34.2 Å². The highest BCUT2D eigenvalue weighted by Crippen LogP contribution is 2.60. The van der Waals surface area contributed by atoms with Crippen LogP contribution in [0.3, 0.4) is 0 Å². The van der Waals surface area contributed by atoms with Gasteiger partial charge < -0.3 is 68.2 Å². The minimum atomic E-state index is -6.17. The Morgan fingerprint density at radius 1 is 1.03 bits per heavy atom. The maximum absolute atomic E-state index is 11.9. The Morgan fingerprint density at radius 3 is 2.06 bits per heavy atom. The van der Waals surface area contributed by atoms with Crippen molar-refractivity contribution in [2.75, 3.05) is 12.1 Å². The molecule has 2 unspecified atom stereocenters. The lowest BCUT2D eigenvalue weighted by atomic mass is 10.1. The summed E-state index contributed by atoms with van der Waals surface area (Å²) in [5.41, 5.74) is 0.544. The first kappa shape index (κ1) is 37.3. The zero-order valence-electron chi connectivity index (χ0n) is 18.1. The first-order valence-corrected chi connectivity index (χ1v) is 11.7. The van der Waals surface area contributed by atoms with E-state index in [4.69, 9.17) is 9.94 Å². The minimum absolute atomic E-state index is 0. The highest BCUT2D eigenvalue weighted by Gasteiger charge is 2.44. The number of aliphatic hydroxyl groups is 2. The number of phosphoric ester groups is 1. The van der Waals surface area contributed by atoms with Gasteiger partial charge in [-0.05, 0) is 6.07 Å². The van der Waals surface area contributed by atoms with Crippen LogP contribution in [-0.2, 0) is 31.6 Å². The summed E-state index contributed by atoms with van der Waals surface area (Å²) in [5.74, 6) is -0.251. The quantitative estimate of drug-likeness (QED) is 0.109. The third kappa shape index (κ3) is 10.2. The van der Waals surface area contributed by atoms with E-state index in [1.54, 1.807) is 5.48 Å². The molecule has 1 saturated heterocycles.